The van der Waals surface area contributed by atoms with Crippen LogP contribution in [0.15, 0.2) is 113 Å². The molecule has 4 aromatic carbocycles. The van der Waals surface area contributed by atoms with Crippen molar-refractivity contribution in [3.63, 3.8) is 0 Å². The zero-order chi connectivity index (χ0) is 25.4. The monoisotopic (exact) mass is 519 g/mol. The van der Waals surface area contributed by atoms with E-state index >= 15 is 0 Å². The summed E-state index contributed by atoms with van der Waals surface area (Å²) in [7, 11) is -3.95. The van der Waals surface area contributed by atoms with Crippen molar-refractivity contribution in [2.24, 2.45) is 5.10 Å². The third-order valence-electron chi connectivity index (χ3n) is 5.01. The molecule has 9 heteroatoms. The molecular formula is C27H22ClN3O4S. The number of para-hydroxylation sites is 1. The lowest BCUT2D eigenvalue weighted by Crippen LogP contribution is -2.19. The summed E-state index contributed by atoms with van der Waals surface area (Å²) in [6.07, 6.45) is 1.48. The van der Waals surface area contributed by atoms with Crippen molar-refractivity contribution in [2.45, 2.75) is 11.5 Å². The fourth-order valence-corrected chi connectivity index (χ4v) is 4.57. The number of anilines is 1. The van der Waals surface area contributed by atoms with Gasteiger partial charge in [-0.1, -0.05) is 72.3 Å². The number of hydrogen-bond acceptors (Lipinski definition) is 5. The van der Waals surface area contributed by atoms with Crippen molar-refractivity contribution in [3.8, 4) is 5.75 Å². The Morgan fingerprint density at radius 3 is 2.44 bits per heavy atom. The lowest BCUT2D eigenvalue weighted by atomic mass is 10.2. The van der Waals surface area contributed by atoms with Gasteiger partial charge in [-0.25, -0.2) is 13.8 Å². The van der Waals surface area contributed by atoms with Gasteiger partial charge in [0.1, 0.15) is 12.4 Å². The summed E-state index contributed by atoms with van der Waals surface area (Å²) in [5.74, 6) is 0.107. The van der Waals surface area contributed by atoms with Crippen LogP contribution >= 0.6 is 11.6 Å². The highest BCUT2D eigenvalue weighted by atomic mass is 35.5. The molecule has 36 heavy (non-hydrogen) atoms. The number of hydrazone groups is 1. The van der Waals surface area contributed by atoms with Gasteiger partial charge in [-0.05, 0) is 53.6 Å². The minimum absolute atomic E-state index is 0.0812. The molecule has 0 spiro atoms. The normalized spacial score (nSPS) is 11.2. The molecule has 0 aromatic heterocycles. The van der Waals surface area contributed by atoms with Crippen molar-refractivity contribution in [3.05, 3.63) is 125 Å². The second-order valence-electron chi connectivity index (χ2n) is 7.66. The van der Waals surface area contributed by atoms with Gasteiger partial charge in [0.2, 0.25) is 0 Å². The second-order valence-corrected chi connectivity index (χ2v) is 9.75. The first-order valence-corrected chi connectivity index (χ1v) is 12.7. The zero-order valence-corrected chi connectivity index (χ0v) is 20.5. The first-order chi connectivity index (χ1) is 17.4. The van der Waals surface area contributed by atoms with E-state index in [0.29, 0.717) is 12.4 Å². The summed E-state index contributed by atoms with van der Waals surface area (Å²) in [4.78, 5) is 12.5. The van der Waals surface area contributed by atoms with Gasteiger partial charge in [-0.3, -0.25) is 9.52 Å². The molecule has 4 aromatic rings. The molecule has 0 saturated heterocycles. The molecular weight excluding hydrogens is 498 g/mol. The van der Waals surface area contributed by atoms with E-state index in [1.807, 2.05) is 48.5 Å². The van der Waals surface area contributed by atoms with Gasteiger partial charge in [0.05, 0.1) is 21.8 Å². The number of carbonyl (C=O) groups is 1. The van der Waals surface area contributed by atoms with E-state index in [-0.39, 0.29) is 21.2 Å². The summed E-state index contributed by atoms with van der Waals surface area (Å²) in [5, 5.41) is 4.25. The molecule has 0 radical (unpaired) electrons. The third-order valence-corrected chi connectivity index (χ3v) is 6.70. The van der Waals surface area contributed by atoms with E-state index in [1.54, 1.807) is 30.3 Å². The molecule has 0 fully saturated rings. The number of nitrogens with zero attached hydrogens (tertiary/aromatic N) is 1. The molecule has 7 nitrogen and oxygen atoms in total. The van der Waals surface area contributed by atoms with Crippen LogP contribution in [0.5, 0.6) is 5.75 Å². The Morgan fingerprint density at radius 2 is 1.64 bits per heavy atom. The predicted molar refractivity (Wildman–Crippen MR) is 141 cm³/mol. The molecule has 4 rings (SSSR count). The summed E-state index contributed by atoms with van der Waals surface area (Å²) in [5.41, 5.74) is 4.57. The topological polar surface area (TPSA) is 96.9 Å². The Labute approximate surface area is 214 Å². The number of carbonyl (C=O) groups excluding carboxylic acids is 1. The van der Waals surface area contributed by atoms with Crippen LogP contribution in [-0.2, 0) is 16.6 Å². The maximum absolute atomic E-state index is 12.8. The smallest absolute Gasteiger partial charge is 0.271 e. The zero-order valence-electron chi connectivity index (χ0n) is 19.0. The fraction of sp³-hybridized carbons (Fsp3) is 0.0370. The van der Waals surface area contributed by atoms with E-state index in [0.717, 1.165) is 11.1 Å². The van der Waals surface area contributed by atoms with Crippen molar-refractivity contribution in [1.29, 1.82) is 0 Å². The van der Waals surface area contributed by atoms with Crippen LogP contribution in [-0.4, -0.2) is 20.5 Å². The number of rotatable bonds is 9. The van der Waals surface area contributed by atoms with Gasteiger partial charge in [0, 0.05) is 5.56 Å². The molecule has 182 valence electrons. The Bertz CT molecular complexity index is 1490. The highest BCUT2D eigenvalue weighted by molar-refractivity contribution is 7.92. The highest BCUT2D eigenvalue weighted by Crippen LogP contribution is 2.24. The van der Waals surface area contributed by atoms with Crippen LogP contribution in [0.25, 0.3) is 0 Å². The maximum atomic E-state index is 12.8. The number of hydrogen-bond donors (Lipinski definition) is 2. The van der Waals surface area contributed by atoms with E-state index in [9.17, 15) is 13.2 Å². The van der Waals surface area contributed by atoms with E-state index in [4.69, 9.17) is 16.3 Å². The first-order valence-electron chi connectivity index (χ1n) is 10.9. The highest BCUT2D eigenvalue weighted by Gasteiger charge is 2.17. The van der Waals surface area contributed by atoms with Crippen LogP contribution in [0.1, 0.15) is 21.5 Å². The average molecular weight is 520 g/mol. The molecule has 0 heterocycles. The van der Waals surface area contributed by atoms with Crippen LogP contribution in [0.4, 0.5) is 5.69 Å². The van der Waals surface area contributed by atoms with E-state index in [1.165, 1.54) is 30.5 Å². The molecule has 0 aliphatic heterocycles. The third kappa shape index (κ3) is 6.71. The molecule has 2 N–H and O–H groups in total. The average Bonchev–Trinajstić information content (AvgIpc) is 2.90. The van der Waals surface area contributed by atoms with Crippen LogP contribution in [0.3, 0.4) is 0 Å². The lowest BCUT2D eigenvalue weighted by Gasteiger charge is -2.10. The largest absolute Gasteiger partial charge is 0.489 e. The van der Waals surface area contributed by atoms with Gasteiger partial charge in [-0.2, -0.15) is 5.10 Å². The molecule has 0 unspecified atom stereocenters. The summed E-state index contributed by atoms with van der Waals surface area (Å²) < 4.78 is 33.8. The van der Waals surface area contributed by atoms with Crippen molar-refractivity contribution < 1.29 is 17.9 Å². The van der Waals surface area contributed by atoms with Crippen LogP contribution < -0.4 is 14.9 Å². The van der Waals surface area contributed by atoms with Gasteiger partial charge >= 0.3 is 0 Å². The van der Waals surface area contributed by atoms with Crippen LogP contribution in [0, 0.1) is 0 Å². The predicted octanol–water partition coefficient (Wildman–Crippen LogP) is 5.48. The van der Waals surface area contributed by atoms with Gasteiger partial charge < -0.3 is 4.74 Å². The quantitative estimate of drug-likeness (QED) is 0.226. The Hall–Kier alpha value is -4.14. The SMILES string of the molecule is O=C(NN=Cc1cccc(OCc2ccccc2)c1)c1cccc(S(=O)(=O)Nc2ccccc2Cl)c1. The number of amides is 1. The minimum Gasteiger partial charge on any atom is -0.489 e. The molecule has 0 atom stereocenters. The van der Waals surface area contributed by atoms with E-state index in [2.05, 4.69) is 15.2 Å². The maximum Gasteiger partial charge on any atom is 0.271 e. The lowest BCUT2D eigenvalue weighted by molar-refractivity contribution is 0.0955. The Balaban J connectivity index is 1.39. The van der Waals surface area contributed by atoms with Crippen molar-refractivity contribution in [1.82, 2.24) is 5.43 Å². The Morgan fingerprint density at radius 1 is 0.889 bits per heavy atom. The number of halogens is 1. The van der Waals surface area contributed by atoms with Crippen molar-refractivity contribution >= 4 is 39.4 Å². The summed E-state index contributed by atoms with van der Waals surface area (Å²) in [6, 6.07) is 29.2. The molecule has 0 saturated carbocycles. The van der Waals surface area contributed by atoms with Gasteiger partial charge in [0.25, 0.3) is 15.9 Å². The molecule has 1 amide bonds. The van der Waals surface area contributed by atoms with E-state index < -0.39 is 15.9 Å². The first kappa shape index (κ1) is 25.0. The number of nitrogens with one attached hydrogen (secondary N) is 2. The van der Waals surface area contributed by atoms with Crippen LogP contribution in [0.2, 0.25) is 5.02 Å². The van der Waals surface area contributed by atoms with Gasteiger partial charge in [-0.15, -0.1) is 0 Å². The van der Waals surface area contributed by atoms with Gasteiger partial charge in [0.15, 0.2) is 0 Å². The summed E-state index contributed by atoms with van der Waals surface area (Å²) >= 11 is 6.05. The molecule has 0 aliphatic rings. The second kappa shape index (κ2) is 11.5. The minimum atomic E-state index is -3.95. The molecule has 0 bridgehead atoms. The Kier molecular flexibility index (Phi) is 7.99. The standard InChI is InChI=1S/C27H22ClN3O4S/c28-25-14-4-5-15-26(25)31-36(33,34)24-13-7-11-22(17-24)27(32)30-29-18-21-10-6-12-23(16-21)35-19-20-8-2-1-3-9-20/h1-18,31H,19H2,(H,30,32). The number of sulfonamides is 1. The fourth-order valence-electron chi connectivity index (χ4n) is 3.21. The number of benzene rings is 4. The number of ether oxygens (including phenoxy) is 1. The summed E-state index contributed by atoms with van der Waals surface area (Å²) in [6.45, 7) is 0.433. The molecule has 0 aliphatic carbocycles. The van der Waals surface area contributed by atoms with Crippen molar-refractivity contribution in [2.75, 3.05) is 4.72 Å².